The van der Waals surface area contributed by atoms with E-state index in [4.69, 9.17) is 0 Å². The largest absolute Gasteiger partial charge is 0.346 e. The minimum atomic E-state index is -0.312. The highest BCUT2D eigenvalue weighted by atomic mass is 16.1. The molecule has 0 saturated carbocycles. The Kier molecular flexibility index (Phi) is 5.59. The third-order valence-corrected chi connectivity index (χ3v) is 4.92. The first-order valence-electron chi connectivity index (χ1n) is 9.58. The lowest BCUT2D eigenvalue weighted by Crippen LogP contribution is -2.48. The third-order valence-electron chi connectivity index (χ3n) is 4.92. The van der Waals surface area contributed by atoms with E-state index in [1.807, 2.05) is 49.4 Å². The maximum absolute atomic E-state index is 13.0. The predicted molar refractivity (Wildman–Crippen MR) is 112 cm³/mol. The number of aromatic nitrogens is 1. The molecule has 27 heavy (non-hydrogen) atoms. The van der Waals surface area contributed by atoms with Crippen LogP contribution in [0, 0.1) is 12.8 Å². The van der Waals surface area contributed by atoms with Crippen molar-refractivity contribution in [2.24, 2.45) is 5.92 Å². The summed E-state index contributed by atoms with van der Waals surface area (Å²) in [5.74, 6) is 0.419. The summed E-state index contributed by atoms with van der Waals surface area (Å²) in [5.41, 5.74) is 3.57. The molecule has 1 atom stereocenters. The van der Waals surface area contributed by atoms with Gasteiger partial charge in [0.15, 0.2) is 0 Å². The number of rotatable bonds is 6. The van der Waals surface area contributed by atoms with Gasteiger partial charge < -0.3 is 5.32 Å². The summed E-state index contributed by atoms with van der Waals surface area (Å²) in [7, 11) is 0. The van der Waals surface area contributed by atoms with Crippen LogP contribution in [-0.4, -0.2) is 16.4 Å². The fraction of sp³-hybridized carbons (Fsp3) is 0.333. The summed E-state index contributed by atoms with van der Waals surface area (Å²) in [5, 5.41) is 4.32. The molecule has 3 aromatic rings. The van der Waals surface area contributed by atoms with Crippen LogP contribution in [-0.2, 0) is 6.42 Å². The van der Waals surface area contributed by atoms with Crippen LogP contribution in [0.1, 0.15) is 48.7 Å². The van der Waals surface area contributed by atoms with Crippen LogP contribution in [0.15, 0.2) is 60.8 Å². The maximum Gasteiger partial charge on any atom is 0.253 e. The first kappa shape index (κ1) is 19.1. The summed E-state index contributed by atoms with van der Waals surface area (Å²) < 4.78 is 0. The fourth-order valence-corrected chi connectivity index (χ4v) is 3.88. The number of benzene rings is 2. The van der Waals surface area contributed by atoms with Crippen LogP contribution in [0.2, 0.25) is 0 Å². The third kappa shape index (κ3) is 4.73. The molecule has 3 nitrogen and oxygen atoms in total. The Bertz CT molecular complexity index is 934. The number of fused-ring (bicyclic) bond motifs is 1. The summed E-state index contributed by atoms with van der Waals surface area (Å²) in [6.07, 6.45) is 3.39. The van der Waals surface area contributed by atoms with Gasteiger partial charge in [-0.1, -0.05) is 56.3 Å². The van der Waals surface area contributed by atoms with Crippen molar-refractivity contribution < 1.29 is 4.79 Å². The van der Waals surface area contributed by atoms with Crippen molar-refractivity contribution in [2.75, 3.05) is 0 Å². The van der Waals surface area contributed by atoms with Gasteiger partial charge in [0.1, 0.15) is 0 Å². The highest BCUT2D eigenvalue weighted by Gasteiger charge is 2.28. The quantitative estimate of drug-likeness (QED) is 0.646. The SMILES string of the molecule is Cc1cccc2ncc(C(=O)NC(C)(Cc3ccccc3)CC(C)C)cc12. The van der Waals surface area contributed by atoms with Gasteiger partial charge in [-0.05, 0) is 55.9 Å². The van der Waals surface area contributed by atoms with Gasteiger partial charge in [-0.15, -0.1) is 0 Å². The lowest BCUT2D eigenvalue weighted by Gasteiger charge is -2.33. The number of hydrogen-bond donors (Lipinski definition) is 1. The molecule has 0 bridgehead atoms. The van der Waals surface area contributed by atoms with Crippen LogP contribution in [0.25, 0.3) is 10.9 Å². The van der Waals surface area contributed by atoms with E-state index in [-0.39, 0.29) is 11.4 Å². The van der Waals surface area contributed by atoms with Gasteiger partial charge in [0, 0.05) is 17.1 Å². The normalized spacial score (nSPS) is 13.5. The second-order valence-corrected chi connectivity index (χ2v) is 8.14. The Hall–Kier alpha value is -2.68. The van der Waals surface area contributed by atoms with Crippen molar-refractivity contribution in [1.82, 2.24) is 10.3 Å². The zero-order chi connectivity index (χ0) is 19.4. The topological polar surface area (TPSA) is 42.0 Å². The molecule has 0 spiro atoms. The summed E-state index contributed by atoms with van der Waals surface area (Å²) in [6.45, 7) is 8.56. The number of hydrogen-bond acceptors (Lipinski definition) is 2. The molecule has 0 fully saturated rings. The van der Waals surface area contributed by atoms with E-state index >= 15 is 0 Å². The smallest absolute Gasteiger partial charge is 0.253 e. The first-order valence-corrected chi connectivity index (χ1v) is 9.58. The molecule has 1 unspecified atom stereocenters. The highest BCUT2D eigenvalue weighted by Crippen LogP contribution is 2.23. The van der Waals surface area contributed by atoms with Gasteiger partial charge in [0.25, 0.3) is 5.91 Å². The number of aryl methyl sites for hydroxylation is 1. The monoisotopic (exact) mass is 360 g/mol. The Morgan fingerprint density at radius 2 is 1.85 bits per heavy atom. The van der Waals surface area contributed by atoms with E-state index in [2.05, 4.69) is 43.2 Å². The highest BCUT2D eigenvalue weighted by molar-refractivity contribution is 5.98. The van der Waals surface area contributed by atoms with Gasteiger partial charge in [-0.3, -0.25) is 9.78 Å². The average Bonchev–Trinajstić information content (AvgIpc) is 2.61. The average molecular weight is 361 g/mol. The summed E-state index contributed by atoms with van der Waals surface area (Å²) in [6, 6.07) is 18.3. The molecule has 1 N–H and O–H groups in total. The Morgan fingerprint density at radius 1 is 1.11 bits per heavy atom. The Morgan fingerprint density at radius 3 is 2.56 bits per heavy atom. The number of amides is 1. The molecule has 0 aliphatic rings. The van der Waals surface area contributed by atoms with Crippen molar-refractivity contribution in [2.45, 2.75) is 46.1 Å². The number of nitrogens with zero attached hydrogens (tertiary/aromatic N) is 1. The molecule has 0 aliphatic heterocycles. The molecule has 1 heterocycles. The van der Waals surface area contributed by atoms with Gasteiger partial charge in [-0.25, -0.2) is 0 Å². The molecular formula is C24H28N2O. The molecule has 0 saturated heterocycles. The number of nitrogens with one attached hydrogen (secondary N) is 1. The van der Waals surface area contributed by atoms with Gasteiger partial charge >= 0.3 is 0 Å². The number of carbonyl (C=O) groups excluding carboxylic acids is 1. The molecular weight excluding hydrogens is 332 g/mol. The van der Waals surface area contributed by atoms with Crippen molar-refractivity contribution in [3.63, 3.8) is 0 Å². The van der Waals surface area contributed by atoms with E-state index in [0.29, 0.717) is 11.5 Å². The molecule has 3 rings (SSSR count). The van der Waals surface area contributed by atoms with Crippen molar-refractivity contribution in [1.29, 1.82) is 0 Å². The van der Waals surface area contributed by atoms with Gasteiger partial charge in [0.2, 0.25) is 0 Å². The van der Waals surface area contributed by atoms with Crippen molar-refractivity contribution in [3.05, 3.63) is 77.5 Å². The minimum Gasteiger partial charge on any atom is -0.346 e. The zero-order valence-electron chi connectivity index (χ0n) is 16.6. The van der Waals surface area contributed by atoms with E-state index < -0.39 is 0 Å². The van der Waals surface area contributed by atoms with Crippen LogP contribution in [0.4, 0.5) is 0 Å². The second kappa shape index (κ2) is 7.91. The van der Waals surface area contributed by atoms with Gasteiger partial charge in [-0.2, -0.15) is 0 Å². The molecule has 3 heteroatoms. The first-order chi connectivity index (χ1) is 12.9. The van der Waals surface area contributed by atoms with E-state index in [9.17, 15) is 4.79 Å². The molecule has 0 radical (unpaired) electrons. The fourth-order valence-electron chi connectivity index (χ4n) is 3.88. The lowest BCUT2D eigenvalue weighted by molar-refractivity contribution is 0.0894. The molecule has 1 aromatic heterocycles. The van der Waals surface area contributed by atoms with Crippen molar-refractivity contribution in [3.8, 4) is 0 Å². The van der Waals surface area contributed by atoms with E-state index in [1.54, 1.807) is 6.20 Å². The maximum atomic E-state index is 13.0. The van der Waals surface area contributed by atoms with Crippen LogP contribution >= 0.6 is 0 Å². The molecule has 2 aromatic carbocycles. The lowest BCUT2D eigenvalue weighted by atomic mass is 9.84. The number of carbonyl (C=O) groups is 1. The minimum absolute atomic E-state index is 0.0632. The van der Waals surface area contributed by atoms with Crippen LogP contribution < -0.4 is 5.32 Å². The van der Waals surface area contributed by atoms with Gasteiger partial charge in [0.05, 0.1) is 11.1 Å². The summed E-state index contributed by atoms with van der Waals surface area (Å²) >= 11 is 0. The predicted octanol–water partition coefficient (Wildman–Crippen LogP) is 5.32. The van der Waals surface area contributed by atoms with Crippen LogP contribution in [0.5, 0.6) is 0 Å². The van der Waals surface area contributed by atoms with E-state index in [1.165, 1.54) is 5.56 Å². The second-order valence-electron chi connectivity index (χ2n) is 8.14. The van der Waals surface area contributed by atoms with E-state index in [0.717, 1.165) is 29.3 Å². The molecule has 0 aliphatic carbocycles. The summed E-state index contributed by atoms with van der Waals surface area (Å²) in [4.78, 5) is 17.5. The van der Waals surface area contributed by atoms with Crippen molar-refractivity contribution >= 4 is 16.8 Å². The molecule has 140 valence electrons. The Labute approximate surface area is 161 Å². The molecule has 1 amide bonds. The number of pyridine rings is 1. The van der Waals surface area contributed by atoms with Crippen LogP contribution in [0.3, 0.4) is 0 Å². The zero-order valence-corrected chi connectivity index (χ0v) is 16.6. The Balaban J connectivity index is 1.86. The standard InChI is InChI=1S/C24H28N2O/c1-17(2)14-24(4,15-19-10-6-5-7-11-19)26-23(27)20-13-21-18(3)9-8-12-22(21)25-16-20/h5-13,16-17H,14-15H2,1-4H3,(H,26,27).